The molecule has 38 heavy (non-hydrogen) atoms. The number of morpholine rings is 1. The van der Waals surface area contributed by atoms with Gasteiger partial charge in [-0.15, -0.1) is 0 Å². The molecule has 2 saturated heterocycles. The van der Waals surface area contributed by atoms with Crippen molar-refractivity contribution in [3.8, 4) is 0 Å². The quantitative estimate of drug-likeness (QED) is 0.537. The minimum absolute atomic E-state index is 0.116. The number of anilines is 1. The van der Waals surface area contributed by atoms with Gasteiger partial charge in [0.2, 0.25) is 5.91 Å². The molecule has 3 aliphatic rings. The number of rotatable bonds is 8. The summed E-state index contributed by atoms with van der Waals surface area (Å²) in [5.41, 5.74) is 3.20. The van der Waals surface area contributed by atoms with Crippen LogP contribution in [0, 0.1) is 0 Å². The van der Waals surface area contributed by atoms with Crippen LogP contribution in [0.3, 0.4) is 0 Å². The fraction of sp³-hybridized carbons (Fsp3) is 0.571. The van der Waals surface area contributed by atoms with Crippen molar-refractivity contribution < 1.29 is 14.3 Å². The van der Waals surface area contributed by atoms with Crippen LogP contribution in [0.1, 0.15) is 41.4 Å². The fourth-order valence-electron chi connectivity index (χ4n) is 5.67. The number of benzene rings is 1. The van der Waals surface area contributed by atoms with Gasteiger partial charge in [0.15, 0.2) is 0 Å². The second-order valence-electron chi connectivity index (χ2n) is 10.5. The number of carbonyl (C=O) groups is 2. The van der Waals surface area contributed by atoms with Crippen molar-refractivity contribution in [2.24, 2.45) is 0 Å². The van der Waals surface area contributed by atoms with E-state index in [1.165, 1.54) is 17.5 Å². The highest BCUT2D eigenvalue weighted by atomic mass is 16.5. The zero-order chi connectivity index (χ0) is 26.3. The van der Waals surface area contributed by atoms with E-state index in [2.05, 4.69) is 54.7 Å². The first-order valence-corrected chi connectivity index (χ1v) is 13.8. The lowest BCUT2D eigenvalue weighted by atomic mass is 9.99. The minimum atomic E-state index is -0.191. The molecular weight excluding hydrogens is 482 g/mol. The Bertz CT molecular complexity index is 1100. The Labute approximate surface area is 224 Å². The van der Waals surface area contributed by atoms with Crippen LogP contribution in [0.25, 0.3) is 0 Å². The SMILES string of the molecule is CC(=O)N1CCC(Nc2cc(C(=O)NC[C@@H](CN3CCc4ccccc4C3)N3CCOCC3)ncn2)CC1. The lowest BCUT2D eigenvalue weighted by molar-refractivity contribution is -0.129. The second kappa shape index (κ2) is 12.6. The lowest BCUT2D eigenvalue weighted by Crippen LogP contribution is -2.54. The maximum absolute atomic E-state index is 13.1. The van der Waals surface area contributed by atoms with Crippen LogP contribution >= 0.6 is 0 Å². The Morgan fingerprint density at radius 2 is 1.82 bits per heavy atom. The molecule has 0 unspecified atom stereocenters. The monoisotopic (exact) mass is 521 g/mol. The highest BCUT2D eigenvalue weighted by molar-refractivity contribution is 5.92. The maximum atomic E-state index is 13.1. The maximum Gasteiger partial charge on any atom is 0.270 e. The smallest absolute Gasteiger partial charge is 0.270 e. The van der Waals surface area contributed by atoms with Gasteiger partial charge in [-0.2, -0.15) is 0 Å². The van der Waals surface area contributed by atoms with Gasteiger partial charge in [-0.05, 0) is 30.4 Å². The molecule has 1 atom stereocenters. The first-order chi connectivity index (χ1) is 18.5. The number of amides is 2. The molecule has 10 heteroatoms. The van der Waals surface area contributed by atoms with Crippen molar-refractivity contribution in [3.05, 3.63) is 53.5 Å². The zero-order valence-corrected chi connectivity index (χ0v) is 22.3. The number of fused-ring (bicyclic) bond motifs is 1. The van der Waals surface area contributed by atoms with Crippen molar-refractivity contribution in [3.63, 3.8) is 0 Å². The van der Waals surface area contributed by atoms with Crippen LogP contribution in [0.15, 0.2) is 36.7 Å². The predicted molar refractivity (Wildman–Crippen MR) is 145 cm³/mol. The lowest BCUT2D eigenvalue weighted by Gasteiger charge is -2.39. The van der Waals surface area contributed by atoms with E-state index in [0.717, 1.165) is 78.3 Å². The number of piperidine rings is 1. The van der Waals surface area contributed by atoms with Crippen molar-refractivity contribution >= 4 is 17.6 Å². The Hall–Kier alpha value is -3.08. The van der Waals surface area contributed by atoms with E-state index in [1.807, 2.05) is 4.90 Å². The van der Waals surface area contributed by atoms with E-state index in [4.69, 9.17) is 4.74 Å². The first-order valence-electron chi connectivity index (χ1n) is 13.8. The minimum Gasteiger partial charge on any atom is -0.379 e. The van der Waals surface area contributed by atoms with Crippen LogP contribution in [0.2, 0.25) is 0 Å². The third kappa shape index (κ3) is 6.86. The fourth-order valence-corrected chi connectivity index (χ4v) is 5.67. The van der Waals surface area contributed by atoms with Gasteiger partial charge < -0.3 is 20.3 Å². The summed E-state index contributed by atoms with van der Waals surface area (Å²) in [5.74, 6) is 0.567. The molecule has 10 nitrogen and oxygen atoms in total. The number of hydrogen-bond acceptors (Lipinski definition) is 8. The summed E-state index contributed by atoms with van der Waals surface area (Å²) < 4.78 is 5.59. The van der Waals surface area contributed by atoms with Crippen molar-refractivity contribution in [2.45, 2.75) is 44.8 Å². The van der Waals surface area contributed by atoms with Gasteiger partial charge in [0.1, 0.15) is 17.8 Å². The second-order valence-corrected chi connectivity index (χ2v) is 10.5. The largest absolute Gasteiger partial charge is 0.379 e. The summed E-state index contributed by atoms with van der Waals surface area (Å²) in [6.45, 7) is 9.67. The Balaban J connectivity index is 1.17. The van der Waals surface area contributed by atoms with E-state index in [1.54, 1.807) is 13.0 Å². The molecule has 2 fully saturated rings. The summed E-state index contributed by atoms with van der Waals surface area (Å²) in [6.07, 6.45) is 4.20. The van der Waals surface area contributed by atoms with Gasteiger partial charge in [-0.3, -0.25) is 19.4 Å². The van der Waals surface area contributed by atoms with Gasteiger partial charge in [0, 0.05) is 77.4 Å². The Morgan fingerprint density at radius 1 is 1.05 bits per heavy atom. The van der Waals surface area contributed by atoms with Crippen LogP contribution in [-0.4, -0.2) is 108 Å². The molecule has 204 valence electrons. The highest BCUT2D eigenvalue weighted by Crippen LogP contribution is 2.20. The van der Waals surface area contributed by atoms with E-state index >= 15 is 0 Å². The number of hydrogen-bond donors (Lipinski definition) is 2. The van der Waals surface area contributed by atoms with Crippen LogP contribution in [-0.2, 0) is 22.5 Å². The molecule has 0 saturated carbocycles. The number of ether oxygens (including phenoxy) is 1. The molecule has 0 bridgehead atoms. The van der Waals surface area contributed by atoms with Crippen LogP contribution in [0.4, 0.5) is 5.82 Å². The summed E-state index contributed by atoms with van der Waals surface area (Å²) in [5, 5.41) is 6.56. The number of nitrogens with one attached hydrogen (secondary N) is 2. The summed E-state index contributed by atoms with van der Waals surface area (Å²) in [7, 11) is 0. The molecule has 1 aromatic heterocycles. The Morgan fingerprint density at radius 3 is 2.58 bits per heavy atom. The van der Waals surface area contributed by atoms with Gasteiger partial charge >= 0.3 is 0 Å². The van der Waals surface area contributed by atoms with Gasteiger partial charge in [-0.1, -0.05) is 24.3 Å². The van der Waals surface area contributed by atoms with E-state index in [-0.39, 0.29) is 23.9 Å². The molecule has 1 aromatic carbocycles. The predicted octanol–water partition coefficient (Wildman–Crippen LogP) is 1.39. The third-order valence-corrected chi connectivity index (χ3v) is 7.93. The third-order valence-electron chi connectivity index (χ3n) is 7.93. The molecule has 0 radical (unpaired) electrons. The van der Waals surface area contributed by atoms with Gasteiger partial charge in [0.25, 0.3) is 5.91 Å². The molecule has 4 heterocycles. The van der Waals surface area contributed by atoms with E-state index in [0.29, 0.717) is 18.1 Å². The average Bonchev–Trinajstić information content (AvgIpc) is 2.96. The topological polar surface area (TPSA) is 103 Å². The highest BCUT2D eigenvalue weighted by Gasteiger charge is 2.26. The number of likely N-dealkylation sites (tertiary alicyclic amines) is 1. The molecule has 0 spiro atoms. The van der Waals surface area contributed by atoms with Crippen molar-refractivity contribution in [1.82, 2.24) is 30.0 Å². The average molecular weight is 522 g/mol. The molecular formula is C28H39N7O3. The summed E-state index contributed by atoms with van der Waals surface area (Å²) >= 11 is 0. The first kappa shape index (κ1) is 26.5. The zero-order valence-electron chi connectivity index (χ0n) is 22.3. The number of aromatic nitrogens is 2. The Kier molecular flexibility index (Phi) is 8.83. The van der Waals surface area contributed by atoms with Gasteiger partial charge in [-0.25, -0.2) is 9.97 Å². The molecule has 0 aliphatic carbocycles. The number of nitrogens with zero attached hydrogens (tertiary/aromatic N) is 5. The molecule has 2 aromatic rings. The molecule has 5 rings (SSSR count). The molecule has 3 aliphatic heterocycles. The van der Waals surface area contributed by atoms with Crippen molar-refractivity contribution in [2.75, 3.05) is 64.3 Å². The van der Waals surface area contributed by atoms with Crippen molar-refractivity contribution in [1.29, 1.82) is 0 Å². The number of carbonyl (C=O) groups excluding carboxylic acids is 2. The normalized spacial score (nSPS) is 20.0. The van der Waals surface area contributed by atoms with Gasteiger partial charge in [0.05, 0.1) is 13.2 Å². The summed E-state index contributed by atoms with van der Waals surface area (Å²) in [4.78, 5) is 40.1. The molecule has 2 N–H and O–H groups in total. The van der Waals surface area contributed by atoms with E-state index < -0.39 is 0 Å². The van der Waals surface area contributed by atoms with E-state index in [9.17, 15) is 9.59 Å². The summed E-state index contributed by atoms with van der Waals surface area (Å²) in [6, 6.07) is 10.8. The van der Waals surface area contributed by atoms with Crippen LogP contribution < -0.4 is 10.6 Å². The van der Waals surface area contributed by atoms with Crippen LogP contribution in [0.5, 0.6) is 0 Å². The standard InChI is InChI=1S/C28H39N7O3/c1-21(36)34-10-7-24(8-11-34)32-27-16-26(30-20-31-27)28(37)29-17-25(35-12-14-38-15-13-35)19-33-9-6-22-4-2-3-5-23(22)18-33/h2-5,16,20,24-25H,6-15,17-19H2,1H3,(H,29,37)(H,30,31,32)/t25-/m0/s1. The molecule has 2 amide bonds.